The minimum Gasteiger partial charge on any atom is -0.376 e. The van der Waals surface area contributed by atoms with E-state index in [9.17, 15) is 4.79 Å². The molecule has 1 fully saturated rings. The van der Waals surface area contributed by atoms with Crippen molar-refractivity contribution in [1.82, 2.24) is 30.1 Å². The number of tetrazole rings is 1. The Balaban J connectivity index is 1.50. The van der Waals surface area contributed by atoms with Crippen molar-refractivity contribution in [3.05, 3.63) is 87.0 Å². The van der Waals surface area contributed by atoms with Gasteiger partial charge in [-0.05, 0) is 66.1 Å². The summed E-state index contributed by atoms with van der Waals surface area (Å²) in [4.78, 5) is 18.6. The molecule has 36 heavy (non-hydrogen) atoms. The lowest BCUT2D eigenvalue weighted by atomic mass is 10.1. The summed E-state index contributed by atoms with van der Waals surface area (Å²) >= 11 is 0. The Morgan fingerprint density at radius 3 is 2.75 bits per heavy atom. The highest BCUT2D eigenvalue weighted by Gasteiger charge is 2.28. The van der Waals surface area contributed by atoms with Crippen molar-refractivity contribution >= 4 is 10.9 Å². The third kappa shape index (κ3) is 5.24. The average molecular weight is 487 g/mol. The zero-order valence-electron chi connectivity index (χ0n) is 21.3. The first-order chi connectivity index (χ1) is 17.5. The van der Waals surface area contributed by atoms with Gasteiger partial charge in [0, 0.05) is 25.3 Å². The van der Waals surface area contributed by atoms with Crippen LogP contribution in [0.3, 0.4) is 0 Å². The fourth-order valence-corrected chi connectivity index (χ4v) is 5.13. The molecule has 188 valence electrons. The fourth-order valence-electron chi connectivity index (χ4n) is 5.13. The van der Waals surface area contributed by atoms with E-state index in [1.807, 2.05) is 35.9 Å². The van der Waals surface area contributed by atoms with Gasteiger partial charge in [0.25, 0.3) is 5.56 Å². The zero-order valence-corrected chi connectivity index (χ0v) is 21.3. The number of rotatable bonds is 9. The predicted molar refractivity (Wildman–Crippen MR) is 140 cm³/mol. The van der Waals surface area contributed by atoms with Crippen molar-refractivity contribution in [2.45, 2.75) is 71.8 Å². The Labute approximate surface area is 211 Å². The molecular weight excluding hydrogens is 452 g/mol. The number of ether oxygens (including phenoxy) is 1. The highest BCUT2D eigenvalue weighted by molar-refractivity contribution is 5.81. The van der Waals surface area contributed by atoms with Crippen LogP contribution >= 0.6 is 0 Å². The molecular formula is C28H34N6O2. The van der Waals surface area contributed by atoms with Crippen LogP contribution in [-0.4, -0.2) is 42.8 Å². The van der Waals surface area contributed by atoms with Crippen LogP contribution in [0.15, 0.2) is 53.3 Å². The largest absolute Gasteiger partial charge is 0.376 e. The van der Waals surface area contributed by atoms with E-state index in [0.29, 0.717) is 19.6 Å². The molecule has 1 aliphatic rings. The van der Waals surface area contributed by atoms with Crippen LogP contribution < -0.4 is 5.56 Å². The first-order valence-electron chi connectivity index (χ1n) is 12.8. The minimum absolute atomic E-state index is 0.0560. The van der Waals surface area contributed by atoms with Gasteiger partial charge in [0.1, 0.15) is 0 Å². The molecule has 1 N–H and O–H groups in total. The van der Waals surface area contributed by atoms with E-state index in [1.165, 1.54) is 11.1 Å². The van der Waals surface area contributed by atoms with Gasteiger partial charge in [0.2, 0.25) is 0 Å². The van der Waals surface area contributed by atoms with Crippen molar-refractivity contribution in [2.24, 2.45) is 0 Å². The maximum atomic E-state index is 13.2. The maximum Gasteiger partial charge on any atom is 0.252 e. The summed E-state index contributed by atoms with van der Waals surface area (Å²) in [6.07, 6.45) is 3.04. The number of para-hydroxylation sites is 1. The van der Waals surface area contributed by atoms with Crippen molar-refractivity contribution in [1.29, 1.82) is 0 Å². The topological polar surface area (TPSA) is 88.9 Å². The molecule has 8 nitrogen and oxygen atoms in total. The highest BCUT2D eigenvalue weighted by atomic mass is 16.5. The minimum atomic E-state index is -0.0599. The number of aryl methyl sites for hydroxylation is 2. The molecule has 5 rings (SSSR count). The molecule has 0 aliphatic carbocycles. The second kappa shape index (κ2) is 10.7. The van der Waals surface area contributed by atoms with Gasteiger partial charge in [-0.2, -0.15) is 0 Å². The van der Waals surface area contributed by atoms with Gasteiger partial charge < -0.3 is 9.72 Å². The number of hydrogen-bond donors (Lipinski definition) is 1. The van der Waals surface area contributed by atoms with E-state index in [1.54, 1.807) is 0 Å². The van der Waals surface area contributed by atoms with Crippen LogP contribution in [0.2, 0.25) is 0 Å². The Morgan fingerprint density at radius 1 is 1.17 bits per heavy atom. The molecule has 3 heterocycles. The number of nitrogens with zero attached hydrogens (tertiary/aromatic N) is 5. The molecule has 2 aromatic heterocycles. The molecule has 0 radical (unpaired) electrons. The monoisotopic (exact) mass is 486 g/mol. The number of hydrogen-bond acceptors (Lipinski definition) is 6. The second-order valence-corrected chi connectivity index (χ2v) is 9.83. The Kier molecular flexibility index (Phi) is 7.25. The summed E-state index contributed by atoms with van der Waals surface area (Å²) < 4.78 is 7.74. The van der Waals surface area contributed by atoms with Crippen molar-refractivity contribution in [2.75, 3.05) is 6.61 Å². The molecule has 0 amide bonds. The van der Waals surface area contributed by atoms with Crippen molar-refractivity contribution < 1.29 is 4.74 Å². The molecule has 1 aliphatic heterocycles. The van der Waals surface area contributed by atoms with Crippen LogP contribution in [0, 0.1) is 13.8 Å². The lowest BCUT2D eigenvalue weighted by Gasteiger charge is -2.30. The van der Waals surface area contributed by atoms with Crippen LogP contribution in [0.25, 0.3) is 10.9 Å². The lowest BCUT2D eigenvalue weighted by molar-refractivity contribution is 0.0888. The number of aromatic nitrogens is 5. The molecule has 2 aromatic carbocycles. The second-order valence-electron chi connectivity index (χ2n) is 9.83. The number of H-pyrrole nitrogens is 1. The summed E-state index contributed by atoms with van der Waals surface area (Å²) in [6, 6.07) is 16.6. The summed E-state index contributed by atoms with van der Waals surface area (Å²) in [7, 11) is 0. The van der Waals surface area contributed by atoms with E-state index in [4.69, 9.17) is 4.74 Å². The van der Waals surface area contributed by atoms with Gasteiger partial charge in [-0.3, -0.25) is 9.69 Å². The van der Waals surface area contributed by atoms with E-state index in [2.05, 4.69) is 63.5 Å². The summed E-state index contributed by atoms with van der Waals surface area (Å²) in [5.74, 6) is 0.813. The van der Waals surface area contributed by atoms with Crippen LogP contribution in [0.5, 0.6) is 0 Å². The van der Waals surface area contributed by atoms with Crippen LogP contribution in [-0.2, 0) is 24.4 Å². The van der Waals surface area contributed by atoms with Gasteiger partial charge in [0.05, 0.1) is 24.2 Å². The third-order valence-electron chi connectivity index (χ3n) is 7.13. The smallest absolute Gasteiger partial charge is 0.252 e. The van der Waals surface area contributed by atoms with Crippen molar-refractivity contribution in [3.63, 3.8) is 0 Å². The number of aromatic amines is 1. The quantitative estimate of drug-likeness (QED) is 0.376. The van der Waals surface area contributed by atoms with E-state index in [0.717, 1.165) is 53.7 Å². The van der Waals surface area contributed by atoms with E-state index in [-0.39, 0.29) is 17.7 Å². The number of fused-ring (bicyclic) bond motifs is 1. The maximum absolute atomic E-state index is 13.2. The molecule has 1 saturated heterocycles. The van der Waals surface area contributed by atoms with Gasteiger partial charge in [0.15, 0.2) is 5.82 Å². The summed E-state index contributed by atoms with van der Waals surface area (Å²) in [6.45, 7) is 8.85. The van der Waals surface area contributed by atoms with Crippen molar-refractivity contribution in [3.8, 4) is 0 Å². The zero-order chi connectivity index (χ0) is 25.1. The molecule has 0 bridgehead atoms. The standard InChI is InChI=1S/C28H34N6O2/c1-4-25(27-30-31-32-34(27)18-24-9-6-14-36-24)33(16-21-12-10-19(2)11-13-21)17-23-15-22-8-5-7-20(3)26(22)29-28(23)35/h5,7-8,10-13,15,24-25H,4,6,9,14,16-18H2,1-3H3,(H,29,35). The first-order valence-corrected chi connectivity index (χ1v) is 12.8. The highest BCUT2D eigenvalue weighted by Crippen LogP contribution is 2.27. The van der Waals surface area contributed by atoms with E-state index >= 15 is 0 Å². The van der Waals surface area contributed by atoms with Gasteiger partial charge in [-0.1, -0.05) is 55.0 Å². The van der Waals surface area contributed by atoms with Gasteiger partial charge in [-0.25, -0.2) is 4.68 Å². The predicted octanol–water partition coefficient (Wildman–Crippen LogP) is 4.46. The number of pyridine rings is 1. The van der Waals surface area contributed by atoms with Crippen LogP contribution in [0.4, 0.5) is 0 Å². The van der Waals surface area contributed by atoms with Crippen LogP contribution in [0.1, 0.15) is 60.3 Å². The molecule has 2 atom stereocenters. The molecule has 0 spiro atoms. The lowest BCUT2D eigenvalue weighted by Crippen LogP contribution is -2.33. The Bertz CT molecular complexity index is 1370. The average Bonchev–Trinajstić information content (AvgIpc) is 3.55. The molecule has 8 heteroatoms. The number of nitrogens with one attached hydrogen (secondary N) is 1. The normalized spacial score (nSPS) is 16.7. The Morgan fingerprint density at radius 2 is 2.00 bits per heavy atom. The molecule has 0 saturated carbocycles. The SMILES string of the molecule is CCC(c1nnnn1CC1CCCO1)N(Cc1ccc(C)cc1)Cc1cc2cccc(C)c2[nH]c1=O. The summed E-state index contributed by atoms with van der Waals surface area (Å²) in [5.41, 5.74) is 5.04. The molecule has 4 aromatic rings. The fraction of sp³-hybridized carbons (Fsp3) is 0.429. The van der Waals surface area contributed by atoms with Gasteiger partial charge in [-0.15, -0.1) is 5.10 Å². The number of benzene rings is 2. The molecule has 2 unspecified atom stereocenters. The van der Waals surface area contributed by atoms with E-state index < -0.39 is 0 Å². The Hall–Kier alpha value is -3.36. The third-order valence-corrected chi connectivity index (χ3v) is 7.13. The van der Waals surface area contributed by atoms with Gasteiger partial charge >= 0.3 is 0 Å². The summed E-state index contributed by atoms with van der Waals surface area (Å²) in [5, 5.41) is 13.8. The first kappa shape index (κ1) is 24.3.